The van der Waals surface area contributed by atoms with Crippen LogP contribution in [0, 0.1) is 5.41 Å². The van der Waals surface area contributed by atoms with Gasteiger partial charge in [-0.1, -0.05) is 32.4 Å². The molecular weight excluding hydrogens is 172 g/mol. The zero-order chi connectivity index (χ0) is 9.19. The number of hydrogen-bond donors (Lipinski definition) is 0. The molecule has 0 radical (unpaired) electrons. The van der Waals surface area contributed by atoms with Gasteiger partial charge in [0.1, 0.15) is 11.5 Å². The molecule has 0 aliphatic rings. The van der Waals surface area contributed by atoms with Crippen molar-refractivity contribution in [2.75, 3.05) is 0 Å². The van der Waals surface area contributed by atoms with Gasteiger partial charge in [-0.2, -0.15) is 0 Å². The van der Waals surface area contributed by atoms with Crippen LogP contribution in [0.4, 0.5) is 0 Å². The van der Waals surface area contributed by atoms with Gasteiger partial charge < -0.3 is 0 Å². The minimum atomic E-state index is 0.248. The highest BCUT2D eigenvalue weighted by Crippen LogP contribution is 2.19. The Kier molecular flexibility index (Phi) is 2.68. The van der Waals surface area contributed by atoms with Crippen LogP contribution in [0.5, 0.6) is 0 Å². The van der Waals surface area contributed by atoms with E-state index < -0.39 is 0 Å². The molecule has 66 valence electrons. The van der Waals surface area contributed by atoms with Crippen molar-refractivity contribution in [3.05, 3.63) is 23.2 Å². The first-order valence-electron chi connectivity index (χ1n) is 3.94. The first kappa shape index (κ1) is 9.46. The van der Waals surface area contributed by atoms with Crippen LogP contribution in [0.1, 0.15) is 26.5 Å². The van der Waals surface area contributed by atoms with Gasteiger partial charge in [-0.15, -0.1) is 0 Å². The smallest absolute Gasteiger partial charge is 0.132 e. The van der Waals surface area contributed by atoms with E-state index in [0.717, 1.165) is 12.1 Å². The molecule has 1 rings (SSSR count). The van der Waals surface area contributed by atoms with E-state index in [1.54, 1.807) is 0 Å². The van der Waals surface area contributed by atoms with Gasteiger partial charge in [-0.05, 0) is 17.9 Å². The van der Waals surface area contributed by atoms with Crippen LogP contribution in [0.2, 0.25) is 5.15 Å². The maximum absolute atomic E-state index is 5.72. The summed E-state index contributed by atoms with van der Waals surface area (Å²) in [4.78, 5) is 7.95. The van der Waals surface area contributed by atoms with Crippen LogP contribution in [-0.4, -0.2) is 9.97 Å². The molecule has 0 bridgehead atoms. The molecule has 0 aliphatic carbocycles. The van der Waals surface area contributed by atoms with Crippen molar-refractivity contribution in [2.24, 2.45) is 5.41 Å². The summed E-state index contributed by atoms with van der Waals surface area (Å²) in [5.74, 6) is 0. The van der Waals surface area contributed by atoms with Crippen LogP contribution in [0.25, 0.3) is 0 Å². The third-order valence-corrected chi connectivity index (χ3v) is 1.61. The molecule has 0 spiro atoms. The second-order valence-electron chi connectivity index (χ2n) is 4.07. The van der Waals surface area contributed by atoms with Gasteiger partial charge in [-0.25, -0.2) is 9.97 Å². The van der Waals surface area contributed by atoms with Gasteiger partial charge >= 0.3 is 0 Å². The molecular formula is C9H13ClN2. The van der Waals surface area contributed by atoms with Crippen LogP contribution in [0.3, 0.4) is 0 Å². The molecule has 3 heteroatoms. The maximum atomic E-state index is 5.72. The number of aromatic nitrogens is 2. The van der Waals surface area contributed by atoms with Gasteiger partial charge in [0.05, 0.1) is 0 Å². The van der Waals surface area contributed by atoms with Crippen LogP contribution in [0.15, 0.2) is 12.4 Å². The molecule has 0 unspecified atom stereocenters. The Hall–Kier alpha value is -0.630. The molecule has 0 amide bonds. The predicted molar refractivity (Wildman–Crippen MR) is 50.2 cm³/mol. The fourth-order valence-electron chi connectivity index (χ4n) is 1.01. The summed E-state index contributed by atoms with van der Waals surface area (Å²) in [7, 11) is 0. The summed E-state index contributed by atoms with van der Waals surface area (Å²) in [6.45, 7) is 6.51. The lowest BCUT2D eigenvalue weighted by Crippen LogP contribution is -2.10. The molecule has 0 aromatic carbocycles. The van der Waals surface area contributed by atoms with Crippen molar-refractivity contribution in [1.29, 1.82) is 0 Å². The quantitative estimate of drug-likeness (QED) is 0.628. The summed E-state index contributed by atoms with van der Waals surface area (Å²) in [5, 5.41) is 0.518. The molecule has 1 aromatic heterocycles. The van der Waals surface area contributed by atoms with Crippen LogP contribution in [-0.2, 0) is 6.42 Å². The molecule has 2 nitrogen and oxygen atoms in total. The zero-order valence-electron chi connectivity index (χ0n) is 7.63. The second kappa shape index (κ2) is 3.40. The second-order valence-corrected chi connectivity index (χ2v) is 4.46. The third-order valence-electron chi connectivity index (χ3n) is 1.40. The zero-order valence-corrected chi connectivity index (χ0v) is 8.39. The van der Waals surface area contributed by atoms with Crippen molar-refractivity contribution in [2.45, 2.75) is 27.2 Å². The van der Waals surface area contributed by atoms with Crippen molar-refractivity contribution in [3.8, 4) is 0 Å². The minimum Gasteiger partial charge on any atom is -0.241 e. The monoisotopic (exact) mass is 184 g/mol. The van der Waals surface area contributed by atoms with Gasteiger partial charge in [0.15, 0.2) is 0 Å². The molecule has 12 heavy (non-hydrogen) atoms. The number of halogens is 1. The highest BCUT2D eigenvalue weighted by molar-refractivity contribution is 6.29. The standard InChI is InChI=1S/C9H13ClN2/c1-9(2,3)5-7-4-8(10)12-6-11-7/h4,6H,5H2,1-3H3. The van der Waals surface area contributed by atoms with E-state index in [9.17, 15) is 0 Å². The lowest BCUT2D eigenvalue weighted by molar-refractivity contribution is 0.406. The number of nitrogens with zero attached hydrogens (tertiary/aromatic N) is 2. The van der Waals surface area contributed by atoms with Crippen molar-refractivity contribution < 1.29 is 0 Å². The highest BCUT2D eigenvalue weighted by atomic mass is 35.5. The summed E-state index contributed by atoms with van der Waals surface area (Å²) >= 11 is 5.72. The number of rotatable bonds is 1. The van der Waals surface area contributed by atoms with Gasteiger partial charge in [0, 0.05) is 5.69 Å². The number of hydrogen-bond acceptors (Lipinski definition) is 2. The predicted octanol–water partition coefficient (Wildman–Crippen LogP) is 2.72. The van der Waals surface area contributed by atoms with E-state index >= 15 is 0 Å². The molecule has 1 heterocycles. The minimum absolute atomic E-state index is 0.248. The van der Waals surface area contributed by atoms with E-state index in [-0.39, 0.29) is 5.41 Å². The average molecular weight is 185 g/mol. The first-order valence-corrected chi connectivity index (χ1v) is 4.32. The van der Waals surface area contributed by atoms with Gasteiger partial charge in [0.25, 0.3) is 0 Å². The Labute approximate surface area is 78.0 Å². The fourth-order valence-corrected chi connectivity index (χ4v) is 1.18. The Balaban J connectivity index is 2.77. The van der Waals surface area contributed by atoms with E-state index in [2.05, 4.69) is 30.7 Å². The summed E-state index contributed by atoms with van der Waals surface area (Å²) < 4.78 is 0. The largest absolute Gasteiger partial charge is 0.241 e. The SMILES string of the molecule is CC(C)(C)Cc1cc(Cl)ncn1. The Bertz CT molecular complexity index is 265. The third kappa shape index (κ3) is 3.18. The summed E-state index contributed by atoms with van der Waals surface area (Å²) in [6.07, 6.45) is 2.43. The van der Waals surface area contributed by atoms with Crippen molar-refractivity contribution in [3.63, 3.8) is 0 Å². The van der Waals surface area contributed by atoms with Crippen LogP contribution < -0.4 is 0 Å². The normalized spacial score (nSPS) is 11.7. The summed E-state index contributed by atoms with van der Waals surface area (Å²) in [6, 6.07) is 1.81. The molecule has 0 aliphatic heterocycles. The Morgan fingerprint density at radius 1 is 1.33 bits per heavy atom. The molecule has 0 saturated carbocycles. The van der Waals surface area contributed by atoms with Gasteiger partial charge in [0.2, 0.25) is 0 Å². The first-order chi connectivity index (χ1) is 5.47. The Morgan fingerprint density at radius 2 is 2.00 bits per heavy atom. The van der Waals surface area contributed by atoms with E-state index in [1.807, 2.05) is 6.07 Å². The van der Waals surface area contributed by atoms with E-state index in [0.29, 0.717) is 5.15 Å². The molecule has 0 fully saturated rings. The highest BCUT2D eigenvalue weighted by Gasteiger charge is 2.12. The Morgan fingerprint density at radius 3 is 2.50 bits per heavy atom. The molecule has 0 saturated heterocycles. The lowest BCUT2D eigenvalue weighted by Gasteiger charge is -2.16. The van der Waals surface area contributed by atoms with Crippen molar-refractivity contribution >= 4 is 11.6 Å². The molecule has 0 N–H and O–H groups in total. The average Bonchev–Trinajstić information content (AvgIpc) is 1.82. The van der Waals surface area contributed by atoms with E-state index in [4.69, 9.17) is 11.6 Å². The van der Waals surface area contributed by atoms with Gasteiger partial charge in [-0.3, -0.25) is 0 Å². The topological polar surface area (TPSA) is 25.8 Å². The lowest BCUT2D eigenvalue weighted by atomic mass is 9.90. The summed E-state index contributed by atoms with van der Waals surface area (Å²) in [5.41, 5.74) is 1.25. The van der Waals surface area contributed by atoms with Crippen molar-refractivity contribution in [1.82, 2.24) is 9.97 Å². The van der Waals surface area contributed by atoms with Crippen LogP contribution >= 0.6 is 11.6 Å². The fraction of sp³-hybridized carbons (Fsp3) is 0.556. The van der Waals surface area contributed by atoms with E-state index in [1.165, 1.54) is 6.33 Å². The maximum Gasteiger partial charge on any atom is 0.132 e. The molecule has 1 aromatic rings. The molecule has 0 atom stereocenters.